The number of anilines is 1. The molecule has 0 bridgehead atoms. The van der Waals surface area contributed by atoms with Gasteiger partial charge in [-0.25, -0.2) is 12.8 Å². The molecule has 0 heterocycles. The molecular formula is C20H23FN2O3S. The molecular weight excluding hydrogens is 367 g/mol. The standard InChI is InChI=1S/C20H23FN2O3S/c1-23(16-7-3-2-4-8-16)27(25,26)17-13-11-15(12-14-17)20(24)22-19-10-6-5-9-18(19)21/h5-6,9-14,16H,2-4,7-8H2,1H3,(H,22,24). The quantitative estimate of drug-likeness (QED) is 0.838. The molecule has 1 saturated carbocycles. The predicted molar refractivity (Wildman–Crippen MR) is 103 cm³/mol. The number of hydrogen-bond donors (Lipinski definition) is 1. The summed E-state index contributed by atoms with van der Waals surface area (Å²) in [6.45, 7) is 0. The maximum Gasteiger partial charge on any atom is 0.255 e. The highest BCUT2D eigenvalue weighted by molar-refractivity contribution is 7.89. The lowest BCUT2D eigenvalue weighted by molar-refractivity contribution is 0.102. The first kappa shape index (κ1) is 19.5. The average molecular weight is 390 g/mol. The Morgan fingerprint density at radius 2 is 1.67 bits per heavy atom. The normalized spacial score (nSPS) is 15.7. The zero-order valence-electron chi connectivity index (χ0n) is 15.2. The fourth-order valence-corrected chi connectivity index (χ4v) is 4.76. The smallest absolute Gasteiger partial charge is 0.255 e. The van der Waals surface area contributed by atoms with E-state index in [-0.39, 0.29) is 22.2 Å². The Morgan fingerprint density at radius 1 is 1.04 bits per heavy atom. The van der Waals surface area contributed by atoms with Crippen molar-refractivity contribution in [1.29, 1.82) is 0 Å². The largest absolute Gasteiger partial charge is 0.319 e. The molecule has 1 N–H and O–H groups in total. The van der Waals surface area contributed by atoms with E-state index >= 15 is 0 Å². The Balaban J connectivity index is 1.74. The number of halogens is 1. The zero-order valence-corrected chi connectivity index (χ0v) is 16.0. The SMILES string of the molecule is CN(C1CCCCC1)S(=O)(=O)c1ccc(C(=O)Nc2ccccc2F)cc1. The minimum absolute atomic E-state index is 0.0211. The maximum absolute atomic E-state index is 13.7. The van der Waals surface area contributed by atoms with E-state index in [0.717, 1.165) is 32.1 Å². The number of rotatable bonds is 5. The Bertz CT molecular complexity index is 907. The summed E-state index contributed by atoms with van der Waals surface area (Å²) < 4.78 is 40.7. The van der Waals surface area contributed by atoms with E-state index in [1.54, 1.807) is 13.1 Å². The summed E-state index contributed by atoms with van der Waals surface area (Å²) in [5.74, 6) is -1.02. The van der Waals surface area contributed by atoms with Gasteiger partial charge in [0.05, 0.1) is 10.6 Å². The molecule has 0 unspecified atom stereocenters. The number of carbonyl (C=O) groups is 1. The Kier molecular flexibility index (Phi) is 5.92. The molecule has 2 aromatic rings. The first-order valence-electron chi connectivity index (χ1n) is 9.03. The molecule has 27 heavy (non-hydrogen) atoms. The van der Waals surface area contributed by atoms with Crippen LogP contribution in [-0.2, 0) is 10.0 Å². The van der Waals surface area contributed by atoms with Gasteiger partial charge in [0, 0.05) is 18.7 Å². The van der Waals surface area contributed by atoms with Crippen molar-refractivity contribution in [2.75, 3.05) is 12.4 Å². The van der Waals surface area contributed by atoms with Crippen molar-refractivity contribution in [3.05, 3.63) is 59.9 Å². The predicted octanol–water partition coefficient (Wildman–Crippen LogP) is 4.03. The number of sulfonamides is 1. The molecule has 2 aromatic carbocycles. The second kappa shape index (κ2) is 8.19. The number of benzene rings is 2. The summed E-state index contributed by atoms with van der Waals surface area (Å²) in [6.07, 6.45) is 4.98. The highest BCUT2D eigenvalue weighted by atomic mass is 32.2. The third kappa shape index (κ3) is 4.36. The first-order chi connectivity index (χ1) is 12.9. The van der Waals surface area contributed by atoms with Gasteiger partial charge in [-0.05, 0) is 49.2 Å². The molecule has 1 aliphatic carbocycles. The third-order valence-electron chi connectivity index (χ3n) is 5.00. The summed E-state index contributed by atoms with van der Waals surface area (Å²) in [6, 6.07) is 11.6. The number of nitrogens with one attached hydrogen (secondary N) is 1. The van der Waals surface area contributed by atoms with Crippen LogP contribution in [0.1, 0.15) is 42.5 Å². The summed E-state index contributed by atoms with van der Waals surface area (Å²) >= 11 is 0. The molecule has 0 aliphatic heterocycles. The van der Waals surface area contributed by atoms with Crippen molar-refractivity contribution in [2.45, 2.75) is 43.0 Å². The van der Waals surface area contributed by atoms with E-state index in [9.17, 15) is 17.6 Å². The molecule has 5 nitrogen and oxygen atoms in total. The van der Waals surface area contributed by atoms with Gasteiger partial charge in [-0.1, -0.05) is 31.4 Å². The van der Waals surface area contributed by atoms with Crippen LogP contribution in [0.4, 0.5) is 10.1 Å². The van der Waals surface area contributed by atoms with Gasteiger partial charge in [-0.2, -0.15) is 4.31 Å². The Hall–Kier alpha value is -2.25. The molecule has 0 atom stereocenters. The van der Waals surface area contributed by atoms with Crippen molar-refractivity contribution >= 4 is 21.6 Å². The number of amides is 1. The average Bonchev–Trinajstić information content (AvgIpc) is 2.70. The lowest BCUT2D eigenvalue weighted by atomic mass is 9.96. The summed E-state index contributed by atoms with van der Waals surface area (Å²) in [5, 5.41) is 2.49. The van der Waals surface area contributed by atoms with E-state index in [0.29, 0.717) is 0 Å². The van der Waals surface area contributed by atoms with Crippen LogP contribution in [-0.4, -0.2) is 31.7 Å². The summed E-state index contributed by atoms with van der Waals surface area (Å²) in [7, 11) is -1.99. The van der Waals surface area contributed by atoms with E-state index in [4.69, 9.17) is 0 Å². The highest BCUT2D eigenvalue weighted by Crippen LogP contribution is 2.26. The lowest BCUT2D eigenvalue weighted by Gasteiger charge is -2.30. The van der Waals surface area contributed by atoms with Gasteiger partial charge < -0.3 is 5.32 Å². The zero-order chi connectivity index (χ0) is 19.4. The van der Waals surface area contributed by atoms with Gasteiger partial charge in [0.25, 0.3) is 5.91 Å². The second-order valence-electron chi connectivity index (χ2n) is 6.77. The van der Waals surface area contributed by atoms with E-state index in [1.165, 1.54) is 46.8 Å². The Morgan fingerprint density at radius 3 is 2.30 bits per heavy atom. The Labute approximate surface area is 159 Å². The molecule has 0 aromatic heterocycles. The van der Waals surface area contributed by atoms with Crippen molar-refractivity contribution in [2.24, 2.45) is 0 Å². The fourth-order valence-electron chi connectivity index (χ4n) is 3.34. The number of nitrogens with zero attached hydrogens (tertiary/aromatic N) is 1. The van der Waals surface area contributed by atoms with Crippen LogP contribution in [0.25, 0.3) is 0 Å². The minimum Gasteiger partial charge on any atom is -0.319 e. The van der Waals surface area contributed by atoms with Crippen molar-refractivity contribution in [1.82, 2.24) is 4.31 Å². The first-order valence-corrected chi connectivity index (χ1v) is 10.5. The van der Waals surface area contributed by atoms with Crippen molar-refractivity contribution in [3.63, 3.8) is 0 Å². The summed E-state index contributed by atoms with van der Waals surface area (Å²) in [5.41, 5.74) is 0.341. The number of carbonyl (C=O) groups excluding carboxylic acids is 1. The van der Waals surface area contributed by atoms with Crippen LogP contribution in [0.5, 0.6) is 0 Å². The topological polar surface area (TPSA) is 66.5 Å². The van der Waals surface area contributed by atoms with Crippen molar-refractivity contribution in [3.8, 4) is 0 Å². The van der Waals surface area contributed by atoms with Crippen LogP contribution in [0.3, 0.4) is 0 Å². The molecule has 144 valence electrons. The van der Waals surface area contributed by atoms with Crippen molar-refractivity contribution < 1.29 is 17.6 Å². The van der Waals surface area contributed by atoms with Gasteiger partial charge >= 0.3 is 0 Å². The molecule has 1 aliphatic rings. The van der Waals surface area contributed by atoms with E-state index in [2.05, 4.69) is 5.32 Å². The number of hydrogen-bond acceptors (Lipinski definition) is 3. The summed E-state index contributed by atoms with van der Waals surface area (Å²) in [4.78, 5) is 12.4. The maximum atomic E-state index is 13.7. The fraction of sp³-hybridized carbons (Fsp3) is 0.350. The molecule has 0 saturated heterocycles. The van der Waals surface area contributed by atoms with Gasteiger partial charge in [-0.15, -0.1) is 0 Å². The van der Waals surface area contributed by atoms with Crippen LogP contribution in [0, 0.1) is 5.82 Å². The third-order valence-corrected chi connectivity index (χ3v) is 6.93. The number of para-hydroxylation sites is 1. The van der Waals surface area contributed by atoms with Crippen LogP contribution < -0.4 is 5.32 Å². The van der Waals surface area contributed by atoms with Gasteiger partial charge in [0.1, 0.15) is 5.82 Å². The molecule has 7 heteroatoms. The second-order valence-corrected chi connectivity index (χ2v) is 8.77. The molecule has 1 amide bonds. The van der Waals surface area contributed by atoms with Crippen LogP contribution in [0.15, 0.2) is 53.4 Å². The molecule has 3 rings (SSSR count). The van der Waals surface area contributed by atoms with Crippen LogP contribution in [0.2, 0.25) is 0 Å². The van der Waals surface area contributed by atoms with Gasteiger partial charge in [-0.3, -0.25) is 4.79 Å². The molecule has 1 fully saturated rings. The molecule has 0 spiro atoms. The van der Waals surface area contributed by atoms with Crippen LogP contribution >= 0.6 is 0 Å². The van der Waals surface area contributed by atoms with E-state index in [1.807, 2.05) is 0 Å². The van der Waals surface area contributed by atoms with Gasteiger partial charge in [0.15, 0.2) is 0 Å². The van der Waals surface area contributed by atoms with E-state index < -0.39 is 21.7 Å². The van der Waals surface area contributed by atoms with Gasteiger partial charge in [0.2, 0.25) is 10.0 Å². The lowest BCUT2D eigenvalue weighted by Crippen LogP contribution is -2.38. The minimum atomic E-state index is -3.61. The highest BCUT2D eigenvalue weighted by Gasteiger charge is 2.29. The molecule has 0 radical (unpaired) electrons. The monoisotopic (exact) mass is 390 g/mol.